The highest BCUT2D eigenvalue weighted by atomic mass is 31.2. The van der Waals surface area contributed by atoms with E-state index in [9.17, 15) is 9.36 Å². The largest absolute Gasteiger partial charge is 0.472 e. The van der Waals surface area contributed by atoms with Crippen LogP contribution in [0.25, 0.3) is 5.53 Å². The minimum atomic E-state index is -3.69. The minimum absolute atomic E-state index is 0.307. The molecule has 2 rings (SSSR count). The van der Waals surface area contributed by atoms with E-state index in [4.69, 9.17) is 10.6 Å². The van der Waals surface area contributed by atoms with E-state index in [1.165, 1.54) is 0 Å². The standard InChI is InChI=1S/C14H11N2O3P/c15-16-13(14(17)18)20(19,11-7-3-1-4-8-11)12-9-5-2-6-10-12/h1-10H,(H,17,18). The maximum absolute atomic E-state index is 13.3. The van der Waals surface area contributed by atoms with E-state index in [0.717, 1.165) is 0 Å². The summed E-state index contributed by atoms with van der Waals surface area (Å²) in [6, 6.07) is 16.3. The summed E-state index contributed by atoms with van der Waals surface area (Å²) in [7, 11) is -3.69. The number of carboxylic acids is 1. The first-order chi connectivity index (χ1) is 9.60. The highest BCUT2D eigenvalue weighted by molar-refractivity contribution is 7.95. The van der Waals surface area contributed by atoms with E-state index in [2.05, 4.69) is 4.79 Å². The number of benzene rings is 2. The Morgan fingerprint density at radius 2 is 1.35 bits per heavy atom. The Morgan fingerprint density at radius 3 is 1.65 bits per heavy atom. The highest BCUT2D eigenvalue weighted by Gasteiger charge is 2.45. The fourth-order valence-electron chi connectivity index (χ4n) is 1.91. The summed E-state index contributed by atoms with van der Waals surface area (Å²) in [6.45, 7) is 0. The summed E-state index contributed by atoms with van der Waals surface area (Å²) < 4.78 is 13.3. The molecular formula is C14H11N2O3P. The van der Waals surface area contributed by atoms with E-state index in [-0.39, 0.29) is 0 Å². The Morgan fingerprint density at radius 1 is 0.950 bits per heavy atom. The normalized spacial score (nSPS) is 10.6. The van der Waals surface area contributed by atoms with Crippen molar-refractivity contribution in [1.82, 2.24) is 0 Å². The molecule has 0 saturated heterocycles. The van der Waals surface area contributed by atoms with Crippen LogP contribution in [-0.2, 0) is 9.36 Å². The van der Waals surface area contributed by atoms with E-state index >= 15 is 0 Å². The lowest BCUT2D eigenvalue weighted by molar-refractivity contribution is -0.133. The summed E-state index contributed by atoms with van der Waals surface area (Å²) in [6.07, 6.45) is 0. The molecule has 0 heterocycles. The van der Waals surface area contributed by atoms with Crippen LogP contribution in [0.5, 0.6) is 0 Å². The molecule has 20 heavy (non-hydrogen) atoms. The van der Waals surface area contributed by atoms with Gasteiger partial charge in [-0.1, -0.05) is 60.7 Å². The third-order valence-electron chi connectivity index (χ3n) is 2.82. The smallest absolute Gasteiger partial charge is 0.438 e. The molecule has 6 heteroatoms. The number of carboxylic acid groups (broad SMARTS) is 1. The molecule has 1 N–H and O–H groups in total. The average molecular weight is 286 g/mol. The second kappa shape index (κ2) is 5.66. The zero-order valence-corrected chi connectivity index (χ0v) is 11.3. The molecule has 0 bridgehead atoms. The third kappa shape index (κ3) is 2.32. The maximum atomic E-state index is 13.3. The van der Waals surface area contributed by atoms with Crippen LogP contribution in [0.1, 0.15) is 0 Å². The van der Waals surface area contributed by atoms with Crippen molar-refractivity contribution in [2.45, 2.75) is 0 Å². The number of nitrogens with zero attached hydrogens (tertiary/aromatic N) is 2. The van der Waals surface area contributed by atoms with Gasteiger partial charge in [0.15, 0.2) is 0 Å². The zero-order chi connectivity index (χ0) is 14.6. The van der Waals surface area contributed by atoms with Gasteiger partial charge in [0.2, 0.25) is 0 Å². The lowest BCUT2D eigenvalue weighted by Gasteiger charge is -2.12. The second-order valence-electron chi connectivity index (χ2n) is 4.01. The molecule has 0 atom stereocenters. The first-order valence-electron chi connectivity index (χ1n) is 5.78. The van der Waals surface area contributed by atoms with Gasteiger partial charge in [-0.05, 0) is 0 Å². The Hall–Kier alpha value is -2.48. The lowest BCUT2D eigenvalue weighted by Crippen LogP contribution is -2.28. The quantitative estimate of drug-likeness (QED) is 0.401. The molecule has 0 aliphatic carbocycles. The van der Waals surface area contributed by atoms with Crippen molar-refractivity contribution >= 4 is 29.2 Å². The SMILES string of the molecule is [N-]=[N+]=C(C(=O)O)P(=O)(c1ccccc1)c1ccccc1. The molecule has 0 spiro atoms. The molecule has 0 fully saturated rings. The molecular weight excluding hydrogens is 275 g/mol. The van der Waals surface area contributed by atoms with Crippen LogP contribution in [0, 0.1) is 0 Å². The number of rotatable bonds is 4. The highest BCUT2D eigenvalue weighted by Crippen LogP contribution is 2.44. The number of hydrogen-bond donors (Lipinski definition) is 1. The zero-order valence-electron chi connectivity index (χ0n) is 10.4. The predicted molar refractivity (Wildman–Crippen MR) is 76.0 cm³/mol. The van der Waals surface area contributed by atoms with E-state index in [1.807, 2.05) is 0 Å². The molecule has 0 aliphatic rings. The van der Waals surface area contributed by atoms with Gasteiger partial charge in [-0.25, -0.2) is 4.79 Å². The third-order valence-corrected chi connectivity index (χ3v) is 5.75. The maximum Gasteiger partial charge on any atom is 0.438 e. The van der Waals surface area contributed by atoms with Crippen LogP contribution in [0.3, 0.4) is 0 Å². The van der Waals surface area contributed by atoms with E-state index < -0.39 is 18.6 Å². The Bertz CT molecular complexity index is 679. The van der Waals surface area contributed by atoms with Crippen molar-refractivity contribution < 1.29 is 19.3 Å². The molecule has 0 aromatic heterocycles. The molecule has 0 aliphatic heterocycles. The fourth-order valence-corrected chi connectivity index (χ4v) is 4.28. The van der Waals surface area contributed by atoms with Crippen LogP contribution in [0.2, 0.25) is 0 Å². The van der Waals surface area contributed by atoms with Crippen LogP contribution < -0.4 is 10.6 Å². The average Bonchev–Trinajstić information content (AvgIpc) is 2.49. The summed E-state index contributed by atoms with van der Waals surface area (Å²) in [5.41, 5.74) is 8.23. The van der Waals surface area contributed by atoms with Gasteiger partial charge in [0.25, 0.3) is 7.14 Å². The Balaban J connectivity index is 2.78. The van der Waals surface area contributed by atoms with Gasteiger partial charge < -0.3 is 15.2 Å². The molecule has 2 aromatic rings. The first-order valence-corrected chi connectivity index (χ1v) is 7.48. The molecule has 0 radical (unpaired) electrons. The molecule has 100 valence electrons. The van der Waals surface area contributed by atoms with Crippen molar-refractivity contribution in [2.24, 2.45) is 0 Å². The van der Waals surface area contributed by atoms with Crippen molar-refractivity contribution in [3.8, 4) is 0 Å². The van der Waals surface area contributed by atoms with Gasteiger partial charge in [0.05, 0.1) is 0 Å². The Labute approximate surface area is 115 Å². The first kappa shape index (κ1) is 13.9. The van der Waals surface area contributed by atoms with Crippen LogP contribution in [0.4, 0.5) is 0 Å². The predicted octanol–water partition coefficient (Wildman–Crippen LogP) is 1.71. The van der Waals surface area contributed by atoms with Gasteiger partial charge in [0, 0.05) is 10.6 Å². The van der Waals surface area contributed by atoms with Gasteiger partial charge >= 0.3 is 11.4 Å². The minimum Gasteiger partial charge on any atom is -0.472 e. The van der Waals surface area contributed by atoms with E-state index in [0.29, 0.717) is 10.6 Å². The number of aliphatic carboxylic acids is 1. The lowest BCUT2D eigenvalue weighted by atomic mass is 10.4. The van der Waals surface area contributed by atoms with Gasteiger partial charge in [-0.3, -0.25) is 0 Å². The van der Waals surface area contributed by atoms with Crippen molar-refractivity contribution in [1.29, 1.82) is 0 Å². The second-order valence-corrected chi connectivity index (χ2v) is 6.68. The van der Waals surface area contributed by atoms with Gasteiger partial charge in [-0.2, -0.15) is 4.79 Å². The summed E-state index contributed by atoms with van der Waals surface area (Å²) in [5, 5.41) is 9.78. The fraction of sp³-hybridized carbons (Fsp3) is 0. The Kier molecular flexibility index (Phi) is 3.94. The number of carbonyl (C=O) groups is 1. The van der Waals surface area contributed by atoms with Crippen molar-refractivity contribution in [3.05, 3.63) is 66.2 Å². The molecule has 0 unspecified atom stereocenters. The van der Waals surface area contributed by atoms with Gasteiger partial charge in [0.1, 0.15) is 0 Å². The van der Waals surface area contributed by atoms with Gasteiger partial charge in [-0.15, -0.1) is 0 Å². The van der Waals surface area contributed by atoms with Crippen LogP contribution in [0.15, 0.2) is 60.7 Å². The van der Waals surface area contributed by atoms with Crippen molar-refractivity contribution in [2.75, 3.05) is 0 Å². The summed E-state index contributed by atoms with van der Waals surface area (Å²) in [4.78, 5) is 14.0. The number of hydrogen-bond acceptors (Lipinski definition) is 2. The summed E-state index contributed by atoms with van der Waals surface area (Å²) >= 11 is 0. The molecule has 0 amide bonds. The van der Waals surface area contributed by atoms with E-state index in [1.54, 1.807) is 60.7 Å². The van der Waals surface area contributed by atoms with Crippen LogP contribution >= 0.6 is 7.14 Å². The monoisotopic (exact) mass is 286 g/mol. The topological polar surface area (TPSA) is 90.8 Å². The van der Waals surface area contributed by atoms with Crippen LogP contribution in [-0.4, -0.2) is 21.3 Å². The molecule has 2 aromatic carbocycles. The summed E-state index contributed by atoms with van der Waals surface area (Å²) in [5.74, 6) is -1.51. The molecule has 5 nitrogen and oxygen atoms in total. The molecule has 0 saturated carbocycles. The van der Waals surface area contributed by atoms with Crippen molar-refractivity contribution in [3.63, 3.8) is 0 Å².